The average Bonchev–Trinajstić information content (AvgIpc) is 2.30. The van der Waals surface area contributed by atoms with E-state index < -0.39 is 11.9 Å². The van der Waals surface area contributed by atoms with E-state index in [1.54, 1.807) is 0 Å². The Labute approximate surface area is 116 Å². The Balaban J connectivity index is 2.68. The second kappa shape index (κ2) is 7.51. The zero-order valence-electron chi connectivity index (χ0n) is 12.3. The van der Waals surface area contributed by atoms with E-state index in [4.69, 9.17) is 0 Å². The summed E-state index contributed by atoms with van der Waals surface area (Å²) in [6, 6.07) is -0.202. The third-order valence-electron chi connectivity index (χ3n) is 4.32. The number of carboxylic acid groups (broad SMARTS) is 1. The zero-order chi connectivity index (χ0) is 14.4. The summed E-state index contributed by atoms with van der Waals surface area (Å²) in [4.78, 5) is 23.5. The molecule has 1 saturated carbocycles. The molecule has 110 valence electrons. The predicted octanol–water partition coefficient (Wildman–Crippen LogP) is 2.82. The van der Waals surface area contributed by atoms with E-state index in [-0.39, 0.29) is 23.8 Å². The number of carboxylic acids is 1. The van der Waals surface area contributed by atoms with Crippen LogP contribution in [0.1, 0.15) is 59.3 Å². The van der Waals surface area contributed by atoms with Crippen molar-refractivity contribution in [2.75, 3.05) is 0 Å². The molecular formula is C15H27NO3. The molecule has 0 aromatic heterocycles. The Kier molecular flexibility index (Phi) is 6.32. The van der Waals surface area contributed by atoms with Gasteiger partial charge in [0, 0.05) is 12.0 Å². The minimum Gasteiger partial charge on any atom is -0.481 e. The predicted molar refractivity (Wildman–Crippen MR) is 74.8 cm³/mol. The Morgan fingerprint density at radius 2 is 1.63 bits per heavy atom. The van der Waals surface area contributed by atoms with Crippen molar-refractivity contribution in [2.45, 2.75) is 65.3 Å². The molecule has 4 heteroatoms. The molecule has 1 fully saturated rings. The highest BCUT2D eigenvalue weighted by Crippen LogP contribution is 2.24. The fraction of sp³-hybridized carbons (Fsp3) is 0.867. The Morgan fingerprint density at radius 3 is 2.16 bits per heavy atom. The summed E-state index contributed by atoms with van der Waals surface area (Å²) in [5.41, 5.74) is 0. The molecule has 0 radical (unpaired) electrons. The Morgan fingerprint density at radius 1 is 1.05 bits per heavy atom. The van der Waals surface area contributed by atoms with Gasteiger partial charge < -0.3 is 10.4 Å². The van der Waals surface area contributed by atoms with Crippen LogP contribution in [0, 0.1) is 17.8 Å². The summed E-state index contributed by atoms with van der Waals surface area (Å²) in [5.74, 6) is -1.00. The molecule has 0 aromatic carbocycles. The Hall–Kier alpha value is -1.06. The zero-order valence-corrected chi connectivity index (χ0v) is 12.3. The van der Waals surface area contributed by atoms with Gasteiger partial charge in [0.2, 0.25) is 5.91 Å². The molecule has 0 heterocycles. The van der Waals surface area contributed by atoms with Crippen molar-refractivity contribution in [1.82, 2.24) is 5.32 Å². The number of rotatable bonds is 4. The first kappa shape index (κ1) is 16.0. The first-order valence-electron chi connectivity index (χ1n) is 7.46. The third-order valence-corrected chi connectivity index (χ3v) is 4.32. The second-order valence-corrected chi connectivity index (χ2v) is 6.08. The maximum absolute atomic E-state index is 12.1. The molecule has 19 heavy (non-hydrogen) atoms. The van der Waals surface area contributed by atoms with Crippen LogP contribution in [0.4, 0.5) is 0 Å². The maximum Gasteiger partial charge on any atom is 0.308 e. The van der Waals surface area contributed by atoms with Crippen molar-refractivity contribution >= 4 is 11.9 Å². The molecule has 3 atom stereocenters. The highest BCUT2D eigenvalue weighted by molar-refractivity contribution is 5.80. The molecule has 0 bridgehead atoms. The molecule has 2 N–H and O–H groups in total. The van der Waals surface area contributed by atoms with Gasteiger partial charge in [-0.3, -0.25) is 9.59 Å². The number of hydrogen-bond donors (Lipinski definition) is 2. The van der Waals surface area contributed by atoms with Crippen molar-refractivity contribution < 1.29 is 14.7 Å². The van der Waals surface area contributed by atoms with Gasteiger partial charge in [-0.25, -0.2) is 0 Å². The third kappa shape index (κ3) is 4.84. The smallest absolute Gasteiger partial charge is 0.308 e. The van der Waals surface area contributed by atoms with Gasteiger partial charge in [-0.1, -0.05) is 46.5 Å². The van der Waals surface area contributed by atoms with Crippen LogP contribution in [-0.2, 0) is 9.59 Å². The first-order valence-corrected chi connectivity index (χ1v) is 7.46. The summed E-state index contributed by atoms with van der Waals surface area (Å²) in [6.45, 7) is 5.92. The van der Waals surface area contributed by atoms with Crippen LogP contribution in [0.3, 0.4) is 0 Å². The number of carbonyl (C=O) groups excluding carboxylic acids is 1. The van der Waals surface area contributed by atoms with E-state index >= 15 is 0 Å². The molecule has 4 nitrogen and oxygen atoms in total. The van der Waals surface area contributed by atoms with E-state index in [1.165, 1.54) is 0 Å². The quantitative estimate of drug-likeness (QED) is 0.824. The number of amides is 1. The summed E-state index contributed by atoms with van der Waals surface area (Å²) < 4.78 is 0. The van der Waals surface area contributed by atoms with E-state index in [9.17, 15) is 14.7 Å². The van der Waals surface area contributed by atoms with Crippen molar-refractivity contribution in [3.63, 3.8) is 0 Å². The minimum atomic E-state index is -0.774. The monoisotopic (exact) mass is 269 g/mol. The standard InChI is InChI=1S/C15H27NO3/c1-10(2)11(3)14(17)16-13-9-7-5-4-6-8-12(13)15(18)19/h10-13H,4-9H2,1-3H3,(H,16,17)(H,18,19). The highest BCUT2D eigenvalue weighted by Gasteiger charge is 2.31. The van der Waals surface area contributed by atoms with Crippen LogP contribution in [-0.4, -0.2) is 23.0 Å². The van der Waals surface area contributed by atoms with Crippen LogP contribution in [0.15, 0.2) is 0 Å². The summed E-state index contributed by atoms with van der Waals surface area (Å²) in [5, 5.41) is 12.3. The van der Waals surface area contributed by atoms with Crippen LogP contribution >= 0.6 is 0 Å². The highest BCUT2D eigenvalue weighted by atomic mass is 16.4. The number of hydrogen-bond acceptors (Lipinski definition) is 2. The maximum atomic E-state index is 12.1. The normalized spacial score (nSPS) is 26.3. The van der Waals surface area contributed by atoms with Gasteiger partial charge in [-0.2, -0.15) is 0 Å². The molecule has 3 unspecified atom stereocenters. The Bertz CT molecular complexity index is 315. The summed E-state index contributed by atoms with van der Waals surface area (Å²) in [6.07, 6.45) is 5.66. The van der Waals surface area contributed by atoms with Gasteiger partial charge in [0.15, 0.2) is 0 Å². The average molecular weight is 269 g/mol. The fourth-order valence-electron chi connectivity index (χ4n) is 2.57. The summed E-state index contributed by atoms with van der Waals surface area (Å²) >= 11 is 0. The topological polar surface area (TPSA) is 66.4 Å². The van der Waals surface area contributed by atoms with Gasteiger partial charge in [-0.05, 0) is 18.8 Å². The SMILES string of the molecule is CC(C)C(C)C(=O)NC1CCCCCCC1C(=O)O. The van der Waals surface area contributed by atoms with Crippen molar-refractivity contribution in [2.24, 2.45) is 17.8 Å². The minimum absolute atomic E-state index is 0.00757. The van der Waals surface area contributed by atoms with Crippen LogP contribution in [0.25, 0.3) is 0 Å². The molecule has 1 amide bonds. The lowest BCUT2D eigenvalue weighted by molar-refractivity contribution is -0.143. The largest absolute Gasteiger partial charge is 0.481 e. The molecular weight excluding hydrogens is 242 g/mol. The van der Waals surface area contributed by atoms with Crippen molar-refractivity contribution in [3.8, 4) is 0 Å². The fourth-order valence-corrected chi connectivity index (χ4v) is 2.57. The van der Waals surface area contributed by atoms with Gasteiger partial charge >= 0.3 is 5.97 Å². The van der Waals surface area contributed by atoms with Crippen LogP contribution in [0.5, 0.6) is 0 Å². The number of carbonyl (C=O) groups is 2. The number of nitrogens with one attached hydrogen (secondary N) is 1. The second-order valence-electron chi connectivity index (χ2n) is 6.08. The van der Waals surface area contributed by atoms with Crippen LogP contribution < -0.4 is 5.32 Å². The molecule has 1 aliphatic rings. The van der Waals surface area contributed by atoms with Crippen molar-refractivity contribution in [3.05, 3.63) is 0 Å². The molecule has 0 saturated heterocycles. The van der Waals surface area contributed by atoms with Gasteiger partial charge in [0.05, 0.1) is 5.92 Å². The van der Waals surface area contributed by atoms with E-state index in [1.807, 2.05) is 20.8 Å². The van der Waals surface area contributed by atoms with Gasteiger partial charge in [0.1, 0.15) is 0 Å². The van der Waals surface area contributed by atoms with Crippen molar-refractivity contribution in [1.29, 1.82) is 0 Å². The molecule has 0 aromatic rings. The molecule has 0 aliphatic heterocycles. The lowest BCUT2D eigenvalue weighted by Crippen LogP contribution is -2.46. The first-order chi connectivity index (χ1) is 8.93. The number of aliphatic carboxylic acids is 1. The molecule has 1 rings (SSSR count). The van der Waals surface area contributed by atoms with E-state index in [0.717, 1.165) is 32.1 Å². The molecule has 0 spiro atoms. The summed E-state index contributed by atoms with van der Waals surface area (Å²) in [7, 11) is 0. The van der Waals surface area contributed by atoms with Crippen LogP contribution in [0.2, 0.25) is 0 Å². The van der Waals surface area contributed by atoms with E-state index in [2.05, 4.69) is 5.32 Å². The lowest BCUT2D eigenvalue weighted by Gasteiger charge is -2.29. The molecule has 1 aliphatic carbocycles. The lowest BCUT2D eigenvalue weighted by atomic mass is 9.86. The van der Waals surface area contributed by atoms with Gasteiger partial charge in [-0.15, -0.1) is 0 Å². The van der Waals surface area contributed by atoms with Gasteiger partial charge in [0.25, 0.3) is 0 Å². The van der Waals surface area contributed by atoms with E-state index in [0.29, 0.717) is 6.42 Å².